The van der Waals surface area contributed by atoms with Gasteiger partial charge < -0.3 is 14.2 Å². The van der Waals surface area contributed by atoms with Crippen molar-refractivity contribution in [3.8, 4) is 0 Å². The summed E-state index contributed by atoms with van der Waals surface area (Å²) in [6.07, 6.45) is 4.45. The van der Waals surface area contributed by atoms with Gasteiger partial charge in [0, 0.05) is 7.05 Å². The molecule has 3 aliphatic rings. The normalized spacial score (nSPS) is 32.0. The highest BCUT2D eigenvalue weighted by molar-refractivity contribution is 6.31. The summed E-state index contributed by atoms with van der Waals surface area (Å²) in [5.41, 5.74) is 0.723. The number of likely N-dealkylation sites (N-methyl/N-ethyl adjacent to an activating group) is 1. The lowest BCUT2D eigenvalue weighted by molar-refractivity contribution is -0.359. The first-order valence-electron chi connectivity index (χ1n) is 8.45. The third-order valence-electron chi connectivity index (χ3n) is 4.69. The molecule has 27 heavy (non-hydrogen) atoms. The fourth-order valence-corrected chi connectivity index (χ4v) is 3.63. The van der Waals surface area contributed by atoms with E-state index in [1.54, 1.807) is 17.0 Å². The minimum atomic E-state index is -0.844. The molecule has 9 nitrogen and oxygen atoms in total. The van der Waals surface area contributed by atoms with Gasteiger partial charge in [-0.2, -0.15) is 4.98 Å². The zero-order chi connectivity index (χ0) is 19.3. The fourth-order valence-electron chi connectivity index (χ4n) is 3.44. The van der Waals surface area contributed by atoms with Gasteiger partial charge in [0.1, 0.15) is 35.2 Å². The molecular formula is C17H20ClN4O5+. The van der Waals surface area contributed by atoms with E-state index in [-0.39, 0.29) is 5.91 Å². The molecule has 10 heteroatoms. The Bertz CT molecular complexity index is 843. The van der Waals surface area contributed by atoms with Gasteiger partial charge in [-0.25, -0.2) is 9.64 Å². The van der Waals surface area contributed by atoms with Crippen LogP contribution in [0.1, 0.15) is 19.4 Å². The van der Waals surface area contributed by atoms with Crippen molar-refractivity contribution in [2.24, 2.45) is 0 Å². The van der Waals surface area contributed by atoms with Crippen molar-refractivity contribution in [1.29, 1.82) is 0 Å². The van der Waals surface area contributed by atoms with Crippen LogP contribution in [0, 0.1) is 0 Å². The number of hydrogen-bond donors (Lipinski definition) is 0. The molecule has 1 aromatic rings. The van der Waals surface area contributed by atoms with Gasteiger partial charge in [0.25, 0.3) is 5.91 Å². The molecule has 144 valence electrons. The van der Waals surface area contributed by atoms with Crippen molar-refractivity contribution >= 4 is 35.6 Å². The summed E-state index contributed by atoms with van der Waals surface area (Å²) < 4.78 is 19.7. The average Bonchev–Trinajstić information content (AvgIpc) is 3.27. The maximum atomic E-state index is 12.6. The van der Waals surface area contributed by atoms with Crippen LogP contribution in [0.4, 0.5) is 5.82 Å². The lowest BCUT2D eigenvalue weighted by Crippen LogP contribution is -2.43. The number of rotatable bonds is 3. The van der Waals surface area contributed by atoms with Gasteiger partial charge in [-0.05, 0) is 24.9 Å². The molecule has 0 saturated carbocycles. The molecule has 2 saturated heterocycles. The molecule has 0 aromatic carbocycles. The highest BCUT2D eigenvalue weighted by Crippen LogP contribution is 2.39. The molecule has 1 unspecified atom stereocenters. The van der Waals surface area contributed by atoms with E-state index >= 15 is 0 Å². The number of amides is 1. The van der Waals surface area contributed by atoms with Gasteiger partial charge in [-0.3, -0.25) is 9.63 Å². The first-order valence-corrected chi connectivity index (χ1v) is 8.83. The van der Waals surface area contributed by atoms with E-state index in [2.05, 4.69) is 9.97 Å². The number of fused-ring (bicyclic) bond motifs is 2. The minimum Gasteiger partial charge on any atom is -0.351 e. The van der Waals surface area contributed by atoms with E-state index in [0.29, 0.717) is 11.0 Å². The number of carbonyl (C=O) groups is 1. The zero-order valence-corrected chi connectivity index (χ0v) is 16.1. The number of nitrogens with zero attached hydrogens (tertiary/aromatic N) is 4. The van der Waals surface area contributed by atoms with Crippen LogP contribution in [-0.4, -0.2) is 76.1 Å². The monoisotopic (exact) mass is 395 g/mol. The Labute approximate surface area is 161 Å². The SMILES string of the molecule is CON(C)C(=O)[C@H]1OC(/C=[N+]2/C=Cc3c(Cl)ncnc32)[C@@H]2OC(C)(C)O[C@H]12. The number of ether oxygens (including phenoxy) is 3. The summed E-state index contributed by atoms with van der Waals surface area (Å²) >= 11 is 6.11. The van der Waals surface area contributed by atoms with E-state index < -0.39 is 30.2 Å². The van der Waals surface area contributed by atoms with Gasteiger partial charge in [-0.15, -0.1) is 0 Å². The third kappa shape index (κ3) is 3.15. The van der Waals surface area contributed by atoms with Crippen LogP contribution in [-0.2, 0) is 23.8 Å². The lowest BCUT2D eigenvalue weighted by atomic mass is 10.1. The summed E-state index contributed by atoms with van der Waals surface area (Å²) in [6, 6.07) is 0. The van der Waals surface area contributed by atoms with Gasteiger partial charge in [0.15, 0.2) is 11.9 Å². The number of hydrogen-bond acceptors (Lipinski definition) is 7. The van der Waals surface area contributed by atoms with Gasteiger partial charge in [0.05, 0.1) is 13.3 Å². The topological polar surface area (TPSA) is 86.0 Å². The van der Waals surface area contributed by atoms with Crippen molar-refractivity contribution in [2.75, 3.05) is 14.2 Å². The van der Waals surface area contributed by atoms with Crippen molar-refractivity contribution in [1.82, 2.24) is 15.0 Å². The Morgan fingerprint density at radius 1 is 1.37 bits per heavy atom. The zero-order valence-electron chi connectivity index (χ0n) is 15.3. The van der Waals surface area contributed by atoms with E-state index in [9.17, 15) is 4.79 Å². The Morgan fingerprint density at radius 3 is 2.85 bits per heavy atom. The molecule has 0 spiro atoms. The quantitative estimate of drug-likeness (QED) is 0.431. The predicted molar refractivity (Wildman–Crippen MR) is 94.3 cm³/mol. The van der Waals surface area contributed by atoms with Crippen molar-refractivity contribution in [3.05, 3.63) is 23.2 Å². The molecule has 2 fully saturated rings. The predicted octanol–water partition coefficient (Wildman–Crippen LogP) is 1.14. The summed E-state index contributed by atoms with van der Waals surface area (Å²) in [7, 11) is 2.94. The summed E-state index contributed by atoms with van der Waals surface area (Å²) in [5.74, 6) is -0.524. The minimum absolute atomic E-state index is 0.340. The molecule has 4 heterocycles. The number of halogens is 1. The second-order valence-corrected chi connectivity index (χ2v) is 7.24. The largest absolute Gasteiger partial charge is 0.351 e. The molecule has 0 radical (unpaired) electrons. The maximum Gasteiger partial charge on any atom is 0.339 e. The highest BCUT2D eigenvalue weighted by atomic mass is 35.5. The van der Waals surface area contributed by atoms with Crippen LogP contribution < -0.4 is 0 Å². The maximum absolute atomic E-state index is 12.6. The van der Waals surface area contributed by atoms with E-state index in [1.165, 1.54) is 20.5 Å². The van der Waals surface area contributed by atoms with Crippen LogP contribution >= 0.6 is 11.6 Å². The Kier molecular flexibility index (Phi) is 4.52. The smallest absolute Gasteiger partial charge is 0.339 e. The molecule has 0 bridgehead atoms. The Hall–Kier alpha value is -1.91. The standard InChI is InChI=1S/C17H20ClN4O5/c1-17(2)26-11-10(25-13(12(11)27-17)16(23)21(3)24-4)7-22-6-5-9-14(18)19-8-20-15(9)22/h5-8,10-13H,1-4H3/q+1/b22-7-/t10?,11-,12-,13-/m0/s1. The average molecular weight is 396 g/mol. The molecule has 0 aliphatic carbocycles. The Balaban J connectivity index is 1.65. The van der Waals surface area contributed by atoms with Crippen molar-refractivity contribution in [2.45, 2.75) is 44.1 Å². The third-order valence-corrected chi connectivity index (χ3v) is 4.99. The van der Waals surface area contributed by atoms with Crippen LogP contribution in [0.5, 0.6) is 0 Å². The summed E-state index contributed by atoms with van der Waals surface area (Å²) in [4.78, 5) is 25.9. The van der Waals surface area contributed by atoms with Crippen LogP contribution in [0.3, 0.4) is 0 Å². The lowest BCUT2D eigenvalue weighted by Gasteiger charge is -2.24. The molecule has 1 aromatic heterocycles. The van der Waals surface area contributed by atoms with Gasteiger partial charge in [-0.1, -0.05) is 11.6 Å². The van der Waals surface area contributed by atoms with E-state index in [1.807, 2.05) is 19.9 Å². The van der Waals surface area contributed by atoms with Crippen molar-refractivity contribution in [3.63, 3.8) is 0 Å². The molecule has 1 amide bonds. The Morgan fingerprint density at radius 2 is 2.11 bits per heavy atom. The van der Waals surface area contributed by atoms with Gasteiger partial charge in [0.2, 0.25) is 6.33 Å². The number of carbonyl (C=O) groups excluding carboxylic acids is 1. The van der Waals surface area contributed by atoms with E-state index in [0.717, 1.165) is 10.6 Å². The van der Waals surface area contributed by atoms with Crippen LogP contribution in [0.2, 0.25) is 5.15 Å². The molecular weight excluding hydrogens is 376 g/mol. The first kappa shape index (κ1) is 18.5. The van der Waals surface area contributed by atoms with Gasteiger partial charge >= 0.3 is 5.82 Å². The molecule has 4 rings (SSSR count). The summed E-state index contributed by atoms with van der Waals surface area (Å²) in [5, 5.41) is 1.49. The van der Waals surface area contributed by atoms with E-state index in [4.69, 9.17) is 30.6 Å². The highest BCUT2D eigenvalue weighted by Gasteiger charge is 2.58. The second kappa shape index (κ2) is 6.61. The van der Waals surface area contributed by atoms with Crippen LogP contribution in [0.15, 0.2) is 12.5 Å². The van der Waals surface area contributed by atoms with Crippen molar-refractivity contribution < 1.29 is 28.4 Å². The summed E-state index contributed by atoms with van der Waals surface area (Å²) in [6.45, 7) is 3.62. The number of hydroxylamine groups is 2. The molecule has 3 aliphatic heterocycles. The molecule has 4 atom stereocenters. The second-order valence-electron chi connectivity index (χ2n) is 6.88. The first-order chi connectivity index (χ1) is 12.8. The van der Waals surface area contributed by atoms with Crippen LogP contribution in [0.25, 0.3) is 6.08 Å². The molecule has 0 N–H and O–H groups in total. The fraction of sp³-hybridized carbons (Fsp3) is 0.529. The number of aromatic nitrogens is 2.